The zero-order valence-corrected chi connectivity index (χ0v) is 26.0. The maximum atomic E-state index is 12.9. The fraction of sp³-hybridized carbons (Fsp3) is 0.105. The number of benzene rings is 5. The van der Waals surface area contributed by atoms with Crippen LogP contribution in [-0.2, 0) is 9.53 Å². The lowest BCUT2D eigenvalue weighted by Crippen LogP contribution is -2.25. The highest BCUT2D eigenvalue weighted by Gasteiger charge is 2.27. The number of hydrogen-bond acceptors (Lipinski definition) is 5. The molecule has 0 spiro atoms. The van der Waals surface area contributed by atoms with Crippen LogP contribution in [0.15, 0.2) is 154 Å². The van der Waals surface area contributed by atoms with Gasteiger partial charge in [0.1, 0.15) is 6.01 Å². The Morgan fingerprint density at radius 2 is 1.25 bits per heavy atom. The van der Waals surface area contributed by atoms with Crippen LogP contribution in [0.5, 0.6) is 0 Å². The average molecular weight is 596 g/mol. The molecule has 5 aromatic rings. The Morgan fingerprint density at radius 1 is 0.727 bits per heavy atom. The molecule has 6 heteroatoms. The first-order chi connectivity index (χ1) is 21.5. The molecule has 0 aliphatic heterocycles. The molecule has 0 aliphatic rings. The van der Waals surface area contributed by atoms with Gasteiger partial charge in [-0.15, -0.1) is 0 Å². The van der Waals surface area contributed by atoms with Crippen LogP contribution < -0.4 is 15.9 Å². The van der Waals surface area contributed by atoms with Gasteiger partial charge in [-0.05, 0) is 62.2 Å². The summed E-state index contributed by atoms with van der Waals surface area (Å²) in [6.45, 7) is 6.01. The van der Waals surface area contributed by atoms with Gasteiger partial charge in [-0.1, -0.05) is 115 Å². The molecule has 0 saturated carbocycles. The van der Waals surface area contributed by atoms with E-state index in [-0.39, 0.29) is 12.3 Å². The molecule has 0 N–H and O–H groups in total. The highest BCUT2D eigenvalue weighted by atomic mass is 31.2. The molecule has 5 nitrogen and oxygen atoms in total. The Hall–Kier alpha value is -5.08. The summed E-state index contributed by atoms with van der Waals surface area (Å²) in [6, 6.07) is 47.9. The third-order valence-corrected chi connectivity index (χ3v) is 10.7. The van der Waals surface area contributed by atoms with Crippen LogP contribution in [0.3, 0.4) is 0 Å². The first-order valence-corrected chi connectivity index (χ1v) is 16.3. The zero-order chi connectivity index (χ0) is 30.8. The van der Waals surface area contributed by atoms with Crippen molar-refractivity contribution in [3.8, 4) is 0 Å². The van der Waals surface area contributed by atoms with Crippen molar-refractivity contribution in [3.63, 3.8) is 0 Å². The second-order valence-electron chi connectivity index (χ2n) is 10.2. The molecule has 44 heavy (non-hydrogen) atoms. The normalized spacial score (nSPS) is 11.3. The quantitative estimate of drug-likeness (QED) is 0.0742. The molecule has 218 valence electrons. The fourth-order valence-electron chi connectivity index (χ4n) is 4.82. The molecule has 0 amide bonds. The highest BCUT2D eigenvalue weighted by Crippen LogP contribution is 2.49. The first kappa shape index (κ1) is 30.4. The lowest BCUT2D eigenvalue weighted by Gasteiger charge is -2.27. The maximum Gasteiger partial charge on any atom is 0.357 e. The number of aliphatic imine (C=N–C) groups is 2. The van der Waals surface area contributed by atoms with E-state index in [2.05, 4.69) is 88.8 Å². The molecular weight excluding hydrogens is 561 g/mol. The van der Waals surface area contributed by atoms with Gasteiger partial charge in [-0.25, -0.2) is 4.79 Å². The first-order valence-electron chi connectivity index (χ1n) is 14.5. The van der Waals surface area contributed by atoms with E-state index in [1.54, 1.807) is 13.0 Å². The number of hydrogen-bond donors (Lipinski definition) is 0. The van der Waals surface area contributed by atoms with Gasteiger partial charge < -0.3 is 4.74 Å². The summed E-state index contributed by atoms with van der Waals surface area (Å²) < 4.78 is 10.9. The molecule has 5 aromatic carbocycles. The molecule has 0 aliphatic carbocycles. The number of rotatable bonds is 9. The van der Waals surface area contributed by atoms with Crippen LogP contribution in [0.4, 0.5) is 11.4 Å². The van der Waals surface area contributed by atoms with Crippen LogP contribution >= 0.6 is 7.05 Å². The van der Waals surface area contributed by atoms with Gasteiger partial charge in [0.25, 0.3) is 0 Å². The Balaban J connectivity index is 1.69. The summed E-state index contributed by atoms with van der Waals surface area (Å²) in [4.78, 5) is 21.5. The second-order valence-corrected chi connectivity index (χ2v) is 13.2. The number of nitrogens with zero attached hydrogens (tertiary/aromatic N) is 3. The van der Waals surface area contributed by atoms with Crippen LogP contribution in [0.25, 0.3) is 6.08 Å². The minimum Gasteiger partial charge on any atom is -0.461 e. The predicted molar refractivity (Wildman–Crippen MR) is 184 cm³/mol. The van der Waals surface area contributed by atoms with Crippen molar-refractivity contribution < 1.29 is 9.53 Å². The van der Waals surface area contributed by atoms with E-state index in [1.165, 1.54) is 0 Å². The maximum absolute atomic E-state index is 12.9. The topological polar surface area (TPSA) is 63.4 Å². The molecule has 0 aromatic heterocycles. The number of carbonyl (C=O) groups excluding carboxylic acids is 1. The summed E-state index contributed by atoms with van der Waals surface area (Å²) in [5, 5.41) is 3.46. The van der Waals surface area contributed by atoms with E-state index in [0.29, 0.717) is 5.69 Å². The number of esters is 1. The second kappa shape index (κ2) is 14.4. The van der Waals surface area contributed by atoms with Crippen LogP contribution in [0.2, 0.25) is 0 Å². The van der Waals surface area contributed by atoms with Crippen molar-refractivity contribution in [2.45, 2.75) is 20.8 Å². The standard InChI is InChI=1S/C38H34N3O2P/c1-4-43-38(42)37(40-28-39-32-23-20-29(2)21-24-32)27-31-26-33(25-22-30(31)3)41-44(34-14-8-5-9-15-34,35-16-10-6-11-17-35)36-18-12-7-13-19-36/h5-27H,4H2,1-3H3/b37-27-. The van der Waals surface area contributed by atoms with Crippen LogP contribution in [0, 0.1) is 13.8 Å². The Morgan fingerprint density at radius 3 is 1.77 bits per heavy atom. The van der Waals surface area contributed by atoms with Crippen molar-refractivity contribution in [1.29, 1.82) is 0 Å². The van der Waals surface area contributed by atoms with Gasteiger partial charge in [0, 0.05) is 15.9 Å². The van der Waals surface area contributed by atoms with Gasteiger partial charge in [0.15, 0.2) is 5.70 Å². The average Bonchev–Trinajstić information content (AvgIpc) is 3.06. The van der Waals surface area contributed by atoms with Crippen molar-refractivity contribution in [2.24, 2.45) is 14.7 Å². The van der Waals surface area contributed by atoms with Gasteiger partial charge in [0.2, 0.25) is 0 Å². The van der Waals surface area contributed by atoms with Crippen molar-refractivity contribution in [1.82, 2.24) is 0 Å². The lowest BCUT2D eigenvalue weighted by molar-refractivity contribution is -0.138. The molecular formula is C38H34N3O2P. The molecule has 0 atom stereocenters. The van der Waals surface area contributed by atoms with Crippen LogP contribution in [-0.4, -0.2) is 18.6 Å². The van der Waals surface area contributed by atoms with Gasteiger partial charge in [0.05, 0.1) is 25.0 Å². The minimum absolute atomic E-state index is 0.109. The smallest absolute Gasteiger partial charge is 0.357 e. The monoisotopic (exact) mass is 595 g/mol. The van der Waals surface area contributed by atoms with E-state index < -0.39 is 13.0 Å². The Kier molecular flexibility index (Phi) is 9.94. The summed E-state index contributed by atoms with van der Waals surface area (Å²) in [6.07, 6.45) is 1.72. The lowest BCUT2D eigenvalue weighted by atomic mass is 10.1. The zero-order valence-electron chi connectivity index (χ0n) is 25.1. The molecule has 0 unspecified atom stereocenters. The summed E-state index contributed by atoms with van der Waals surface area (Å²) >= 11 is 0. The third kappa shape index (κ3) is 7.10. The van der Waals surface area contributed by atoms with Gasteiger partial charge in [-0.2, -0.15) is 9.98 Å². The van der Waals surface area contributed by atoms with E-state index >= 15 is 0 Å². The van der Waals surface area contributed by atoms with E-state index in [0.717, 1.165) is 38.3 Å². The Labute approximate surface area is 259 Å². The molecule has 0 bridgehead atoms. The third-order valence-electron chi connectivity index (χ3n) is 7.08. The molecule has 0 radical (unpaired) electrons. The largest absolute Gasteiger partial charge is 0.461 e. The minimum atomic E-state index is -2.47. The fourth-order valence-corrected chi connectivity index (χ4v) is 8.34. The number of aryl methyl sites for hydroxylation is 2. The number of ether oxygens (including phenoxy) is 1. The van der Waals surface area contributed by atoms with E-state index in [1.807, 2.05) is 74.5 Å². The Bertz CT molecular complexity index is 1770. The van der Waals surface area contributed by atoms with Crippen molar-refractivity contribution in [2.75, 3.05) is 6.61 Å². The molecule has 0 fully saturated rings. The van der Waals surface area contributed by atoms with Crippen molar-refractivity contribution in [3.05, 3.63) is 156 Å². The number of carbonyl (C=O) groups is 1. The SMILES string of the molecule is CCOC(=O)/C(=C/c1cc(N=P(c2ccccc2)(c2ccccc2)c2ccccc2)ccc1C)N=C=Nc1ccc(C)cc1. The predicted octanol–water partition coefficient (Wildman–Crippen LogP) is 8.52. The molecule has 5 rings (SSSR count). The summed E-state index contributed by atoms with van der Waals surface area (Å²) in [7, 11) is -2.47. The highest BCUT2D eigenvalue weighted by molar-refractivity contribution is 7.87. The summed E-state index contributed by atoms with van der Waals surface area (Å²) in [5.41, 5.74) is 4.52. The van der Waals surface area contributed by atoms with E-state index in [9.17, 15) is 4.79 Å². The van der Waals surface area contributed by atoms with Gasteiger partial charge in [-0.3, -0.25) is 4.74 Å². The van der Waals surface area contributed by atoms with Crippen molar-refractivity contribution >= 4 is 52.4 Å². The summed E-state index contributed by atoms with van der Waals surface area (Å²) in [5.74, 6) is -0.541. The molecule has 0 heterocycles. The van der Waals surface area contributed by atoms with Crippen LogP contribution in [0.1, 0.15) is 23.6 Å². The van der Waals surface area contributed by atoms with Gasteiger partial charge >= 0.3 is 5.97 Å². The molecule has 0 saturated heterocycles. The van der Waals surface area contributed by atoms with E-state index in [4.69, 9.17) is 9.48 Å².